The SMILES string of the molecule is COc1ccc(CN(C(=O)c2cccc(F)c2)C(C)C)cc1OS(=O)(=O)c1cccc(C(F)(F)F)c1. The van der Waals surface area contributed by atoms with E-state index in [1.54, 1.807) is 19.9 Å². The molecule has 3 aromatic carbocycles. The molecule has 3 rings (SSSR count). The first-order valence-corrected chi connectivity index (χ1v) is 12.1. The number of alkyl halides is 3. The Morgan fingerprint density at radius 1 is 0.972 bits per heavy atom. The van der Waals surface area contributed by atoms with Gasteiger partial charge in [-0.15, -0.1) is 0 Å². The maximum Gasteiger partial charge on any atom is 0.416 e. The molecule has 0 saturated carbocycles. The van der Waals surface area contributed by atoms with E-state index in [2.05, 4.69) is 0 Å². The van der Waals surface area contributed by atoms with Crippen molar-refractivity contribution in [2.45, 2.75) is 37.5 Å². The van der Waals surface area contributed by atoms with Crippen LogP contribution in [0.5, 0.6) is 11.5 Å². The van der Waals surface area contributed by atoms with Gasteiger partial charge in [-0.1, -0.05) is 18.2 Å². The van der Waals surface area contributed by atoms with Gasteiger partial charge < -0.3 is 13.8 Å². The van der Waals surface area contributed by atoms with Crippen LogP contribution in [0.1, 0.15) is 35.3 Å². The average molecular weight is 526 g/mol. The van der Waals surface area contributed by atoms with Crippen LogP contribution in [0.3, 0.4) is 0 Å². The summed E-state index contributed by atoms with van der Waals surface area (Å²) in [4.78, 5) is 13.8. The predicted molar refractivity (Wildman–Crippen MR) is 124 cm³/mol. The van der Waals surface area contributed by atoms with Crippen molar-refractivity contribution in [3.63, 3.8) is 0 Å². The minimum Gasteiger partial charge on any atom is -0.493 e. The van der Waals surface area contributed by atoms with E-state index in [1.807, 2.05) is 0 Å². The van der Waals surface area contributed by atoms with E-state index in [4.69, 9.17) is 8.92 Å². The minimum atomic E-state index is -4.74. The Kier molecular flexibility index (Phi) is 7.92. The molecule has 0 N–H and O–H groups in total. The maximum atomic E-state index is 13.6. The molecule has 0 heterocycles. The fraction of sp³-hybridized carbons (Fsp3) is 0.240. The first-order valence-electron chi connectivity index (χ1n) is 10.7. The van der Waals surface area contributed by atoms with Gasteiger partial charge in [-0.25, -0.2) is 4.39 Å². The molecule has 0 radical (unpaired) electrons. The number of hydrogen-bond acceptors (Lipinski definition) is 5. The lowest BCUT2D eigenvalue weighted by molar-refractivity contribution is -0.137. The summed E-state index contributed by atoms with van der Waals surface area (Å²) in [6.07, 6.45) is -4.74. The van der Waals surface area contributed by atoms with Crippen LogP contribution in [0, 0.1) is 5.82 Å². The topological polar surface area (TPSA) is 72.9 Å². The van der Waals surface area contributed by atoms with Crippen LogP contribution < -0.4 is 8.92 Å². The second-order valence-electron chi connectivity index (χ2n) is 8.09. The van der Waals surface area contributed by atoms with Gasteiger partial charge in [0, 0.05) is 18.2 Å². The fourth-order valence-electron chi connectivity index (χ4n) is 3.35. The summed E-state index contributed by atoms with van der Waals surface area (Å²) in [5.74, 6) is -1.26. The number of methoxy groups -OCH3 is 1. The number of rotatable bonds is 8. The van der Waals surface area contributed by atoms with Crippen molar-refractivity contribution < 1.29 is 39.7 Å². The van der Waals surface area contributed by atoms with Crippen LogP contribution in [-0.4, -0.2) is 32.4 Å². The van der Waals surface area contributed by atoms with E-state index < -0.39 is 38.5 Å². The lowest BCUT2D eigenvalue weighted by Gasteiger charge is -2.27. The standard InChI is InChI=1S/C25H23F4NO5S/c1-16(2)30(24(31)18-6-4-8-20(26)13-18)15-17-10-11-22(34-3)23(12-17)35-36(32,33)21-9-5-7-19(14-21)25(27,28)29/h4-14,16H,15H2,1-3H3. The van der Waals surface area contributed by atoms with Gasteiger partial charge in [0.1, 0.15) is 10.7 Å². The summed E-state index contributed by atoms with van der Waals surface area (Å²) in [6.45, 7) is 3.53. The van der Waals surface area contributed by atoms with Crippen molar-refractivity contribution in [2.24, 2.45) is 0 Å². The normalized spacial score (nSPS) is 11.9. The molecule has 11 heteroatoms. The zero-order chi connectivity index (χ0) is 26.7. The zero-order valence-corrected chi connectivity index (χ0v) is 20.4. The second-order valence-corrected chi connectivity index (χ2v) is 9.63. The Bertz CT molecular complexity index is 1360. The quantitative estimate of drug-likeness (QED) is 0.280. The fourth-order valence-corrected chi connectivity index (χ4v) is 4.33. The van der Waals surface area contributed by atoms with E-state index in [9.17, 15) is 30.8 Å². The molecule has 192 valence electrons. The van der Waals surface area contributed by atoms with Crippen molar-refractivity contribution in [1.82, 2.24) is 4.90 Å². The van der Waals surface area contributed by atoms with E-state index in [-0.39, 0.29) is 29.6 Å². The molecule has 0 aliphatic carbocycles. The molecule has 0 saturated heterocycles. The van der Waals surface area contributed by atoms with Gasteiger partial charge in [0.15, 0.2) is 11.5 Å². The number of ether oxygens (including phenoxy) is 1. The monoisotopic (exact) mass is 525 g/mol. The van der Waals surface area contributed by atoms with Crippen LogP contribution in [0.25, 0.3) is 0 Å². The lowest BCUT2D eigenvalue weighted by Crippen LogP contribution is -2.36. The Hall–Kier alpha value is -3.60. The summed E-state index contributed by atoms with van der Waals surface area (Å²) < 4.78 is 88.6. The Morgan fingerprint density at radius 2 is 1.67 bits per heavy atom. The summed E-state index contributed by atoms with van der Waals surface area (Å²) in [5, 5.41) is 0. The number of nitrogens with zero attached hydrogens (tertiary/aromatic N) is 1. The molecule has 36 heavy (non-hydrogen) atoms. The van der Waals surface area contributed by atoms with E-state index in [0.29, 0.717) is 11.6 Å². The predicted octanol–water partition coefficient (Wildman–Crippen LogP) is 5.67. The largest absolute Gasteiger partial charge is 0.493 e. The van der Waals surface area contributed by atoms with Gasteiger partial charge in [-0.05, 0) is 67.9 Å². The smallest absolute Gasteiger partial charge is 0.416 e. The molecule has 0 aromatic heterocycles. The summed E-state index contributed by atoms with van der Waals surface area (Å²) >= 11 is 0. The number of benzene rings is 3. The average Bonchev–Trinajstić information content (AvgIpc) is 2.81. The van der Waals surface area contributed by atoms with Crippen molar-refractivity contribution in [3.8, 4) is 11.5 Å². The van der Waals surface area contributed by atoms with E-state index >= 15 is 0 Å². The molecule has 6 nitrogen and oxygen atoms in total. The molecule has 0 bridgehead atoms. The molecular weight excluding hydrogens is 502 g/mol. The highest BCUT2D eigenvalue weighted by molar-refractivity contribution is 7.87. The third-order valence-electron chi connectivity index (χ3n) is 5.19. The number of carbonyl (C=O) groups is 1. The van der Waals surface area contributed by atoms with Gasteiger partial charge in [0.2, 0.25) is 0 Å². The molecule has 0 unspecified atom stereocenters. The second kappa shape index (κ2) is 10.6. The number of carbonyl (C=O) groups excluding carboxylic acids is 1. The zero-order valence-electron chi connectivity index (χ0n) is 19.5. The maximum absolute atomic E-state index is 13.6. The first kappa shape index (κ1) is 27.0. The molecule has 0 aliphatic rings. The lowest BCUT2D eigenvalue weighted by atomic mass is 10.1. The van der Waals surface area contributed by atoms with Crippen molar-refractivity contribution in [2.75, 3.05) is 7.11 Å². The van der Waals surface area contributed by atoms with Crippen molar-refractivity contribution in [3.05, 3.63) is 89.2 Å². The molecule has 3 aromatic rings. The van der Waals surface area contributed by atoms with Gasteiger partial charge in [0.05, 0.1) is 12.7 Å². The molecule has 1 amide bonds. The van der Waals surface area contributed by atoms with Crippen LogP contribution in [0.4, 0.5) is 17.6 Å². The Morgan fingerprint density at radius 3 is 2.28 bits per heavy atom. The number of hydrogen-bond donors (Lipinski definition) is 0. The van der Waals surface area contributed by atoms with Crippen LogP contribution >= 0.6 is 0 Å². The third-order valence-corrected chi connectivity index (χ3v) is 6.42. The molecular formula is C25H23F4NO5S. The number of halogens is 4. The van der Waals surface area contributed by atoms with Gasteiger partial charge in [-0.3, -0.25) is 4.79 Å². The van der Waals surface area contributed by atoms with Crippen LogP contribution in [-0.2, 0) is 22.8 Å². The highest BCUT2D eigenvalue weighted by Crippen LogP contribution is 2.34. The van der Waals surface area contributed by atoms with Gasteiger partial charge >= 0.3 is 16.3 Å². The van der Waals surface area contributed by atoms with Gasteiger partial charge in [0.25, 0.3) is 5.91 Å². The first-order chi connectivity index (χ1) is 16.8. The van der Waals surface area contributed by atoms with E-state index in [1.165, 1.54) is 42.3 Å². The van der Waals surface area contributed by atoms with Crippen LogP contribution in [0.15, 0.2) is 71.6 Å². The number of amides is 1. The van der Waals surface area contributed by atoms with Crippen LogP contribution in [0.2, 0.25) is 0 Å². The molecule has 0 atom stereocenters. The van der Waals surface area contributed by atoms with Crippen molar-refractivity contribution in [1.29, 1.82) is 0 Å². The Balaban J connectivity index is 1.92. The summed E-state index contributed by atoms with van der Waals surface area (Å²) in [6, 6.07) is 12.4. The Labute approximate surface area is 206 Å². The highest BCUT2D eigenvalue weighted by Gasteiger charge is 2.32. The highest BCUT2D eigenvalue weighted by atomic mass is 32.2. The minimum absolute atomic E-state index is 0.0109. The third kappa shape index (κ3) is 6.34. The molecule has 0 fully saturated rings. The van der Waals surface area contributed by atoms with Crippen molar-refractivity contribution >= 4 is 16.0 Å². The van der Waals surface area contributed by atoms with E-state index in [0.717, 1.165) is 24.3 Å². The summed E-state index contributed by atoms with van der Waals surface area (Å²) in [7, 11) is -3.39. The molecule has 0 aliphatic heterocycles. The molecule has 0 spiro atoms. The summed E-state index contributed by atoms with van der Waals surface area (Å²) in [5.41, 5.74) is -0.555. The van der Waals surface area contributed by atoms with Gasteiger partial charge in [-0.2, -0.15) is 21.6 Å².